The Bertz CT molecular complexity index is 878. The summed E-state index contributed by atoms with van der Waals surface area (Å²) in [6.07, 6.45) is 1.50. The minimum absolute atomic E-state index is 0.130. The quantitative estimate of drug-likeness (QED) is 0.412. The molecule has 0 bridgehead atoms. The number of hydrogen-bond donors (Lipinski definition) is 1. The highest BCUT2D eigenvalue weighted by molar-refractivity contribution is 6.31. The lowest BCUT2D eigenvalue weighted by atomic mass is 10.2. The van der Waals surface area contributed by atoms with Crippen LogP contribution >= 0.6 is 23.2 Å². The molecule has 1 heterocycles. The Morgan fingerprint density at radius 1 is 1.12 bits per heavy atom. The Hall–Kier alpha value is -2.50. The smallest absolute Gasteiger partial charge is 0.226 e. The standard InChI is InChI=1S/C17H13Cl2N3O2/c18-13-5-1-3-11(7-13)16(20)22-24-10-15-9-23-17(21-15)12-4-2-6-14(19)8-12/h1-9H,10H2,(H2,20,22). The molecule has 0 aliphatic heterocycles. The lowest BCUT2D eigenvalue weighted by Gasteiger charge is -2.01. The zero-order chi connectivity index (χ0) is 16.9. The van der Waals surface area contributed by atoms with E-state index in [2.05, 4.69) is 10.1 Å². The molecule has 0 fully saturated rings. The normalized spacial score (nSPS) is 11.5. The van der Waals surface area contributed by atoms with E-state index in [1.165, 1.54) is 6.26 Å². The molecule has 7 heteroatoms. The molecule has 0 spiro atoms. The lowest BCUT2D eigenvalue weighted by Crippen LogP contribution is -2.13. The summed E-state index contributed by atoms with van der Waals surface area (Å²) in [5, 5.41) is 5.05. The molecule has 0 aliphatic rings. The van der Waals surface area contributed by atoms with Gasteiger partial charge in [-0.05, 0) is 30.3 Å². The summed E-state index contributed by atoms with van der Waals surface area (Å²) >= 11 is 11.9. The molecule has 1 aromatic heterocycles. The van der Waals surface area contributed by atoms with Crippen molar-refractivity contribution in [3.63, 3.8) is 0 Å². The number of amidine groups is 1. The number of benzene rings is 2. The Labute approximate surface area is 148 Å². The first-order valence-electron chi connectivity index (χ1n) is 7.03. The van der Waals surface area contributed by atoms with Crippen LogP contribution in [0.3, 0.4) is 0 Å². The van der Waals surface area contributed by atoms with Crippen LogP contribution in [0, 0.1) is 0 Å². The molecular formula is C17H13Cl2N3O2. The fraction of sp³-hybridized carbons (Fsp3) is 0.0588. The first kappa shape index (κ1) is 16.4. The maximum absolute atomic E-state index is 5.95. The van der Waals surface area contributed by atoms with Gasteiger partial charge in [-0.25, -0.2) is 4.98 Å². The molecule has 5 nitrogen and oxygen atoms in total. The largest absolute Gasteiger partial charge is 0.444 e. The number of nitrogens with two attached hydrogens (primary N) is 1. The van der Waals surface area contributed by atoms with Gasteiger partial charge in [0.05, 0.1) is 0 Å². The monoisotopic (exact) mass is 361 g/mol. The highest BCUT2D eigenvalue weighted by atomic mass is 35.5. The average Bonchev–Trinajstić information content (AvgIpc) is 3.04. The third-order valence-corrected chi connectivity index (χ3v) is 3.59. The van der Waals surface area contributed by atoms with Crippen molar-refractivity contribution < 1.29 is 9.25 Å². The first-order chi connectivity index (χ1) is 11.6. The summed E-state index contributed by atoms with van der Waals surface area (Å²) in [5.74, 6) is 0.693. The van der Waals surface area contributed by atoms with Gasteiger partial charge in [0.1, 0.15) is 12.0 Å². The molecule has 3 rings (SSSR count). The van der Waals surface area contributed by atoms with E-state index in [4.69, 9.17) is 38.2 Å². The highest BCUT2D eigenvalue weighted by Crippen LogP contribution is 2.22. The lowest BCUT2D eigenvalue weighted by molar-refractivity contribution is 0.127. The molecule has 0 aliphatic carbocycles. The molecule has 24 heavy (non-hydrogen) atoms. The van der Waals surface area contributed by atoms with E-state index in [-0.39, 0.29) is 12.4 Å². The summed E-state index contributed by atoms with van der Waals surface area (Å²) in [7, 11) is 0. The summed E-state index contributed by atoms with van der Waals surface area (Å²) in [5.41, 5.74) is 7.91. The van der Waals surface area contributed by atoms with Gasteiger partial charge in [-0.3, -0.25) is 0 Å². The molecule has 0 saturated heterocycles. The minimum atomic E-state index is 0.130. The summed E-state index contributed by atoms with van der Waals surface area (Å²) in [6.45, 7) is 0.130. The molecule has 0 amide bonds. The second-order valence-corrected chi connectivity index (χ2v) is 5.79. The van der Waals surface area contributed by atoms with Crippen LogP contribution in [0.2, 0.25) is 10.0 Å². The van der Waals surface area contributed by atoms with Crippen molar-refractivity contribution >= 4 is 29.0 Å². The van der Waals surface area contributed by atoms with Crippen LogP contribution in [0.1, 0.15) is 11.3 Å². The predicted octanol–water partition coefficient (Wildman–Crippen LogP) is 4.49. The molecule has 2 N–H and O–H groups in total. The van der Waals surface area contributed by atoms with Gasteiger partial charge < -0.3 is 15.0 Å². The van der Waals surface area contributed by atoms with Gasteiger partial charge in [0.15, 0.2) is 12.4 Å². The zero-order valence-electron chi connectivity index (χ0n) is 12.4. The number of halogens is 2. The van der Waals surface area contributed by atoms with Gasteiger partial charge in [-0.1, -0.05) is 46.6 Å². The van der Waals surface area contributed by atoms with Crippen molar-refractivity contribution in [3.8, 4) is 11.5 Å². The van der Waals surface area contributed by atoms with Crippen molar-refractivity contribution in [1.29, 1.82) is 0 Å². The Kier molecular flexibility index (Phi) is 5.03. The second-order valence-electron chi connectivity index (χ2n) is 4.91. The van der Waals surface area contributed by atoms with E-state index in [9.17, 15) is 0 Å². The summed E-state index contributed by atoms with van der Waals surface area (Å²) < 4.78 is 5.42. The number of hydrogen-bond acceptors (Lipinski definition) is 4. The molecule has 0 radical (unpaired) electrons. The summed E-state index contributed by atoms with van der Waals surface area (Å²) in [4.78, 5) is 9.54. The molecule has 0 unspecified atom stereocenters. The van der Waals surface area contributed by atoms with Crippen LogP contribution < -0.4 is 5.73 Å². The minimum Gasteiger partial charge on any atom is -0.444 e. The van der Waals surface area contributed by atoms with E-state index >= 15 is 0 Å². The number of oxazole rings is 1. The third kappa shape index (κ3) is 4.07. The van der Waals surface area contributed by atoms with E-state index in [1.807, 2.05) is 12.1 Å². The second kappa shape index (κ2) is 7.38. The Balaban J connectivity index is 1.64. The van der Waals surface area contributed by atoms with E-state index < -0.39 is 0 Å². The van der Waals surface area contributed by atoms with Crippen molar-refractivity contribution in [2.75, 3.05) is 0 Å². The average molecular weight is 362 g/mol. The molecule has 0 atom stereocenters. The summed E-state index contributed by atoms with van der Waals surface area (Å²) in [6, 6.07) is 14.3. The maximum Gasteiger partial charge on any atom is 0.226 e. The highest BCUT2D eigenvalue weighted by Gasteiger charge is 2.08. The number of rotatable bonds is 5. The first-order valence-corrected chi connectivity index (χ1v) is 7.79. The Morgan fingerprint density at radius 3 is 2.62 bits per heavy atom. The van der Waals surface area contributed by atoms with Gasteiger partial charge in [-0.15, -0.1) is 0 Å². The van der Waals surface area contributed by atoms with Crippen LogP contribution in [-0.2, 0) is 11.4 Å². The van der Waals surface area contributed by atoms with Crippen LogP contribution in [-0.4, -0.2) is 10.8 Å². The fourth-order valence-corrected chi connectivity index (χ4v) is 2.38. The van der Waals surface area contributed by atoms with Crippen LogP contribution in [0.4, 0.5) is 0 Å². The van der Waals surface area contributed by atoms with Crippen molar-refractivity contribution in [1.82, 2.24) is 4.98 Å². The van der Waals surface area contributed by atoms with Gasteiger partial charge in [0, 0.05) is 21.2 Å². The van der Waals surface area contributed by atoms with Crippen LogP contribution in [0.5, 0.6) is 0 Å². The van der Waals surface area contributed by atoms with Crippen LogP contribution in [0.15, 0.2) is 64.4 Å². The van der Waals surface area contributed by atoms with Gasteiger partial charge in [-0.2, -0.15) is 0 Å². The maximum atomic E-state index is 5.95. The van der Waals surface area contributed by atoms with Gasteiger partial charge >= 0.3 is 0 Å². The van der Waals surface area contributed by atoms with Gasteiger partial charge in [0.25, 0.3) is 0 Å². The van der Waals surface area contributed by atoms with Crippen molar-refractivity contribution in [2.45, 2.75) is 6.61 Å². The fourth-order valence-electron chi connectivity index (χ4n) is 2.00. The number of aromatic nitrogens is 1. The van der Waals surface area contributed by atoms with Crippen molar-refractivity contribution in [2.24, 2.45) is 10.9 Å². The van der Waals surface area contributed by atoms with E-state index in [1.54, 1.807) is 36.4 Å². The third-order valence-electron chi connectivity index (χ3n) is 3.12. The van der Waals surface area contributed by atoms with E-state index in [0.29, 0.717) is 27.2 Å². The molecule has 3 aromatic rings. The molecule has 122 valence electrons. The SMILES string of the molecule is N/C(=N/OCc1coc(-c2cccc(Cl)c2)n1)c1cccc(Cl)c1. The number of nitrogens with zero attached hydrogens (tertiary/aromatic N) is 2. The zero-order valence-corrected chi connectivity index (χ0v) is 14.0. The topological polar surface area (TPSA) is 73.6 Å². The Morgan fingerprint density at radius 2 is 1.88 bits per heavy atom. The number of oxime groups is 1. The van der Waals surface area contributed by atoms with Gasteiger partial charge in [0.2, 0.25) is 5.89 Å². The van der Waals surface area contributed by atoms with Crippen LogP contribution in [0.25, 0.3) is 11.5 Å². The predicted molar refractivity (Wildman–Crippen MR) is 93.9 cm³/mol. The molecular weight excluding hydrogens is 349 g/mol. The van der Waals surface area contributed by atoms with E-state index in [0.717, 1.165) is 5.56 Å². The molecule has 0 saturated carbocycles. The molecule has 2 aromatic carbocycles. The van der Waals surface area contributed by atoms with Crippen molar-refractivity contribution in [3.05, 3.63) is 76.1 Å².